The first-order valence-electron chi connectivity index (χ1n) is 10.3. The van der Waals surface area contributed by atoms with Crippen LogP contribution in [0.2, 0.25) is 0 Å². The summed E-state index contributed by atoms with van der Waals surface area (Å²) in [6.45, 7) is 1.95. The lowest BCUT2D eigenvalue weighted by Crippen LogP contribution is -2.20. The maximum absolute atomic E-state index is 13.1. The fourth-order valence-electron chi connectivity index (χ4n) is 3.81. The summed E-state index contributed by atoms with van der Waals surface area (Å²) in [7, 11) is 3.21. The van der Waals surface area contributed by atoms with E-state index in [4.69, 9.17) is 9.47 Å². The van der Waals surface area contributed by atoms with Gasteiger partial charge in [0, 0.05) is 16.9 Å². The highest BCUT2D eigenvalue weighted by molar-refractivity contribution is 5.74. The summed E-state index contributed by atoms with van der Waals surface area (Å²) in [5, 5.41) is 0. The van der Waals surface area contributed by atoms with Crippen molar-refractivity contribution in [1.82, 2.24) is 9.55 Å². The van der Waals surface area contributed by atoms with Gasteiger partial charge in [-0.1, -0.05) is 60.7 Å². The predicted octanol–water partition coefficient (Wildman–Crippen LogP) is 5.40. The van der Waals surface area contributed by atoms with Gasteiger partial charge in [0.25, 0.3) is 5.56 Å². The molecule has 0 saturated heterocycles. The van der Waals surface area contributed by atoms with Gasteiger partial charge in [-0.05, 0) is 42.8 Å². The first kappa shape index (κ1) is 21.1. The molecule has 0 atom stereocenters. The van der Waals surface area contributed by atoms with Gasteiger partial charge in [-0.3, -0.25) is 9.36 Å². The van der Waals surface area contributed by atoms with Gasteiger partial charge in [0.15, 0.2) is 11.5 Å². The highest BCUT2D eigenvalue weighted by Gasteiger charge is 2.16. The second-order valence-corrected chi connectivity index (χ2v) is 7.19. The molecule has 0 N–H and O–H groups in total. The average Bonchev–Trinajstić information content (AvgIpc) is 2.83. The number of hydrogen-bond donors (Lipinski definition) is 0. The molecule has 0 amide bonds. The fraction of sp³-hybridized carbons (Fsp3) is 0.111. The Balaban J connectivity index is 1.92. The number of hydrogen-bond acceptors (Lipinski definition) is 4. The summed E-state index contributed by atoms with van der Waals surface area (Å²) in [6, 6.07) is 25.2. The molecule has 0 saturated carbocycles. The van der Waals surface area contributed by atoms with E-state index in [1.54, 1.807) is 14.2 Å². The Morgan fingerprint density at radius 3 is 2.16 bits per heavy atom. The van der Waals surface area contributed by atoms with Crippen LogP contribution < -0.4 is 15.0 Å². The monoisotopic (exact) mass is 424 g/mol. The van der Waals surface area contributed by atoms with E-state index in [0.29, 0.717) is 22.9 Å². The van der Waals surface area contributed by atoms with E-state index in [-0.39, 0.29) is 5.56 Å². The van der Waals surface area contributed by atoms with E-state index >= 15 is 0 Å². The van der Waals surface area contributed by atoms with Crippen LogP contribution in [0.5, 0.6) is 11.5 Å². The van der Waals surface area contributed by atoms with E-state index in [1.165, 1.54) is 0 Å². The third-order valence-electron chi connectivity index (χ3n) is 5.28. The Bertz CT molecular complexity index is 1310. The van der Waals surface area contributed by atoms with Gasteiger partial charge >= 0.3 is 0 Å². The molecular weight excluding hydrogens is 400 g/mol. The summed E-state index contributed by atoms with van der Waals surface area (Å²) < 4.78 is 12.9. The van der Waals surface area contributed by atoms with Crippen molar-refractivity contribution in [1.29, 1.82) is 0 Å². The molecule has 0 bridgehead atoms. The lowest BCUT2D eigenvalue weighted by molar-refractivity contribution is 0.354. The number of para-hydroxylation sites is 2. The summed E-state index contributed by atoms with van der Waals surface area (Å²) in [6.07, 6.45) is 3.71. The van der Waals surface area contributed by atoms with Crippen LogP contribution >= 0.6 is 0 Å². The molecule has 4 rings (SSSR count). The highest BCUT2D eigenvalue weighted by Crippen LogP contribution is 2.32. The molecule has 0 radical (unpaired) electrons. The lowest BCUT2D eigenvalue weighted by Gasteiger charge is -2.17. The summed E-state index contributed by atoms with van der Waals surface area (Å²) >= 11 is 0. The molecule has 160 valence electrons. The van der Waals surface area contributed by atoms with E-state index in [2.05, 4.69) is 4.98 Å². The molecule has 0 aliphatic rings. The minimum absolute atomic E-state index is 0.266. The van der Waals surface area contributed by atoms with Crippen molar-refractivity contribution >= 4 is 12.2 Å². The normalized spacial score (nSPS) is 11.0. The topological polar surface area (TPSA) is 53.3 Å². The zero-order chi connectivity index (χ0) is 22.5. The second kappa shape index (κ2) is 9.35. The largest absolute Gasteiger partial charge is 0.493 e. The Morgan fingerprint density at radius 2 is 1.50 bits per heavy atom. The average molecular weight is 425 g/mol. The number of nitrogens with zero attached hydrogens (tertiary/aromatic N) is 2. The number of ether oxygens (including phenoxy) is 2. The zero-order valence-electron chi connectivity index (χ0n) is 18.3. The number of rotatable bonds is 6. The molecular formula is C27H24N2O3. The minimum atomic E-state index is -0.266. The van der Waals surface area contributed by atoms with Crippen LogP contribution in [0.4, 0.5) is 0 Å². The van der Waals surface area contributed by atoms with Crippen LogP contribution in [0.15, 0.2) is 83.7 Å². The molecule has 5 heteroatoms. The summed E-state index contributed by atoms with van der Waals surface area (Å²) in [4.78, 5) is 17.5. The highest BCUT2D eigenvalue weighted by atomic mass is 16.5. The Kier molecular flexibility index (Phi) is 6.17. The van der Waals surface area contributed by atoms with Crippen molar-refractivity contribution in [3.63, 3.8) is 0 Å². The van der Waals surface area contributed by atoms with Crippen LogP contribution in [0.3, 0.4) is 0 Å². The van der Waals surface area contributed by atoms with E-state index < -0.39 is 0 Å². The molecule has 5 nitrogen and oxygen atoms in total. The number of benzene rings is 3. The van der Waals surface area contributed by atoms with E-state index in [1.807, 2.05) is 103 Å². The van der Waals surface area contributed by atoms with Crippen molar-refractivity contribution in [2.24, 2.45) is 0 Å². The smallest absolute Gasteiger partial charge is 0.281 e. The van der Waals surface area contributed by atoms with Crippen LogP contribution in [0, 0.1) is 6.92 Å². The SMILES string of the molecule is COc1cccc(/C=C\c2nc(=O)c(-c3ccccc3)c(C)n2-c2ccccc2)c1OC. The zero-order valence-corrected chi connectivity index (χ0v) is 18.3. The quantitative estimate of drug-likeness (QED) is 0.416. The van der Waals surface area contributed by atoms with Crippen molar-refractivity contribution in [3.05, 3.63) is 106 Å². The molecule has 4 aromatic rings. The van der Waals surface area contributed by atoms with Gasteiger partial charge in [-0.15, -0.1) is 0 Å². The van der Waals surface area contributed by atoms with Crippen LogP contribution in [-0.4, -0.2) is 23.8 Å². The molecule has 3 aromatic carbocycles. The fourth-order valence-corrected chi connectivity index (χ4v) is 3.81. The van der Waals surface area contributed by atoms with Crippen LogP contribution in [0.1, 0.15) is 17.1 Å². The van der Waals surface area contributed by atoms with Gasteiger partial charge in [-0.25, -0.2) is 0 Å². The standard InChI is InChI=1S/C27H24N2O3/c1-19-25(20-11-6-4-7-12-20)27(30)28-24(29(19)22-14-8-5-9-15-22)18-17-21-13-10-16-23(31-2)26(21)32-3/h4-18H,1-3H3/b18-17-. The Labute approximate surface area is 187 Å². The maximum atomic E-state index is 13.1. The first-order valence-corrected chi connectivity index (χ1v) is 10.3. The molecule has 0 aliphatic carbocycles. The van der Waals surface area contributed by atoms with Gasteiger partial charge in [-0.2, -0.15) is 4.98 Å². The van der Waals surface area contributed by atoms with Crippen molar-refractivity contribution in [3.8, 4) is 28.3 Å². The Hall–Kier alpha value is -4.12. The summed E-state index contributed by atoms with van der Waals surface area (Å²) in [5.41, 5.74) is 3.73. The second-order valence-electron chi connectivity index (χ2n) is 7.19. The van der Waals surface area contributed by atoms with E-state index in [9.17, 15) is 4.79 Å². The third-order valence-corrected chi connectivity index (χ3v) is 5.28. The number of aromatic nitrogens is 2. The molecule has 0 fully saturated rings. The van der Waals surface area contributed by atoms with Gasteiger partial charge < -0.3 is 9.47 Å². The minimum Gasteiger partial charge on any atom is -0.493 e. The Morgan fingerprint density at radius 1 is 0.812 bits per heavy atom. The molecule has 1 heterocycles. The van der Waals surface area contributed by atoms with Crippen molar-refractivity contribution in [2.45, 2.75) is 6.92 Å². The third kappa shape index (κ3) is 4.05. The molecule has 0 aliphatic heterocycles. The lowest BCUT2D eigenvalue weighted by atomic mass is 10.1. The number of methoxy groups -OCH3 is 2. The maximum Gasteiger partial charge on any atom is 0.281 e. The molecule has 0 unspecified atom stereocenters. The van der Waals surface area contributed by atoms with Crippen molar-refractivity contribution < 1.29 is 9.47 Å². The van der Waals surface area contributed by atoms with Gasteiger partial charge in [0.1, 0.15) is 5.82 Å². The van der Waals surface area contributed by atoms with E-state index in [0.717, 1.165) is 22.5 Å². The molecule has 1 aromatic heterocycles. The first-order chi connectivity index (χ1) is 15.6. The molecule has 0 spiro atoms. The van der Waals surface area contributed by atoms with Crippen molar-refractivity contribution in [2.75, 3.05) is 14.2 Å². The molecule has 32 heavy (non-hydrogen) atoms. The summed E-state index contributed by atoms with van der Waals surface area (Å²) in [5.74, 6) is 1.79. The van der Waals surface area contributed by atoms with Crippen LogP contribution in [-0.2, 0) is 0 Å². The van der Waals surface area contributed by atoms with Gasteiger partial charge in [0.05, 0.1) is 19.8 Å². The predicted molar refractivity (Wildman–Crippen MR) is 128 cm³/mol. The van der Waals surface area contributed by atoms with Gasteiger partial charge in [0.2, 0.25) is 0 Å². The van der Waals surface area contributed by atoms with Crippen LogP contribution in [0.25, 0.3) is 29.0 Å².